The molecule has 0 aliphatic heterocycles. The van der Waals surface area contributed by atoms with Gasteiger partial charge in [0.15, 0.2) is 0 Å². The van der Waals surface area contributed by atoms with Gasteiger partial charge in [0.05, 0.1) is 0 Å². The third kappa shape index (κ3) is 3.56. The first-order valence-corrected chi connectivity index (χ1v) is 6.67. The lowest BCUT2D eigenvalue weighted by Crippen LogP contribution is -2.18. The smallest absolute Gasteiger partial charge is 0.248 e. The largest absolute Gasteiger partial charge is 0.366 e. The highest BCUT2D eigenvalue weighted by Crippen LogP contribution is 2.19. The molecule has 0 aliphatic carbocycles. The van der Waals surface area contributed by atoms with Crippen molar-refractivity contribution in [2.75, 3.05) is 0 Å². The summed E-state index contributed by atoms with van der Waals surface area (Å²) >= 11 is 6.14. The highest BCUT2D eigenvalue weighted by Gasteiger charge is 2.08. The highest BCUT2D eigenvalue weighted by molar-refractivity contribution is 6.31. The summed E-state index contributed by atoms with van der Waals surface area (Å²) in [7, 11) is 0. The van der Waals surface area contributed by atoms with Crippen LogP contribution >= 0.6 is 11.6 Å². The van der Waals surface area contributed by atoms with Crippen LogP contribution < -0.4 is 11.1 Å². The zero-order valence-electron chi connectivity index (χ0n) is 11.1. The minimum absolute atomic E-state index is 0.163. The number of nitrogens with two attached hydrogens (primary N) is 1. The van der Waals surface area contributed by atoms with Gasteiger partial charge < -0.3 is 11.1 Å². The van der Waals surface area contributed by atoms with Crippen molar-refractivity contribution in [2.45, 2.75) is 19.5 Å². The Morgan fingerprint density at radius 3 is 2.85 bits per heavy atom. The number of pyridine rings is 1. The fourth-order valence-corrected chi connectivity index (χ4v) is 2.10. The van der Waals surface area contributed by atoms with E-state index in [-0.39, 0.29) is 6.04 Å². The number of carbonyl (C=O) groups excluding carboxylic acids is 1. The second kappa shape index (κ2) is 6.50. The quantitative estimate of drug-likeness (QED) is 0.889. The molecule has 0 aliphatic rings. The predicted octanol–water partition coefficient (Wildman–Crippen LogP) is 2.68. The van der Waals surface area contributed by atoms with Crippen LogP contribution in [0.25, 0.3) is 0 Å². The molecule has 4 nitrogen and oxygen atoms in total. The number of hydrogen-bond donors (Lipinski definition) is 2. The molecule has 2 aromatic rings. The summed E-state index contributed by atoms with van der Waals surface area (Å²) < 4.78 is 0. The number of amides is 1. The van der Waals surface area contributed by atoms with Crippen LogP contribution in [0.1, 0.15) is 34.5 Å². The van der Waals surface area contributed by atoms with Gasteiger partial charge in [-0.15, -0.1) is 0 Å². The van der Waals surface area contributed by atoms with E-state index in [2.05, 4.69) is 17.2 Å². The average Bonchev–Trinajstić information content (AvgIpc) is 2.46. The molecular formula is C15H16ClN3O. The van der Waals surface area contributed by atoms with Gasteiger partial charge >= 0.3 is 0 Å². The van der Waals surface area contributed by atoms with Crippen LogP contribution in [0.15, 0.2) is 42.7 Å². The molecule has 5 heteroatoms. The molecule has 0 unspecified atom stereocenters. The van der Waals surface area contributed by atoms with Crippen LogP contribution in [-0.2, 0) is 6.54 Å². The maximum absolute atomic E-state index is 11.1. The molecule has 0 saturated carbocycles. The normalized spacial score (nSPS) is 12.1. The second-order valence-electron chi connectivity index (χ2n) is 4.56. The Balaban J connectivity index is 2.02. The number of primary amides is 1. The van der Waals surface area contributed by atoms with Crippen LogP contribution in [-0.4, -0.2) is 10.9 Å². The predicted molar refractivity (Wildman–Crippen MR) is 79.5 cm³/mol. The summed E-state index contributed by atoms with van der Waals surface area (Å²) in [5, 5.41) is 3.90. The van der Waals surface area contributed by atoms with Crippen molar-refractivity contribution in [3.05, 3.63) is 64.4 Å². The van der Waals surface area contributed by atoms with E-state index in [4.69, 9.17) is 17.3 Å². The number of aromatic nitrogens is 1. The molecule has 0 saturated heterocycles. The van der Waals surface area contributed by atoms with E-state index in [0.717, 1.165) is 11.1 Å². The van der Waals surface area contributed by atoms with Crippen molar-refractivity contribution in [1.29, 1.82) is 0 Å². The maximum Gasteiger partial charge on any atom is 0.248 e. The summed E-state index contributed by atoms with van der Waals surface area (Å²) in [6, 6.07) is 9.17. The van der Waals surface area contributed by atoms with Crippen molar-refractivity contribution >= 4 is 17.5 Å². The number of hydrogen-bond acceptors (Lipinski definition) is 3. The molecule has 1 aromatic carbocycles. The molecule has 1 amide bonds. The van der Waals surface area contributed by atoms with Gasteiger partial charge in [-0.05, 0) is 36.2 Å². The summed E-state index contributed by atoms with van der Waals surface area (Å²) in [4.78, 5) is 15.1. The third-order valence-corrected chi connectivity index (χ3v) is 3.47. The number of benzene rings is 1. The first kappa shape index (κ1) is 14.5. The van der Waals surface area contributed by atoms with E-state index in [1.165, 1.54) is 0 Å². The second-order valence-corrected chi connectivity index (χ2v) is 4.97. The molecule has 0 spiro atoms. The highest BCUT2D eigenvalue weighted by atomic mass is 35.5. The van der Waals surface area contributed by atoms with E-state index in [0.29, 0.717) is 17.1 Å². The van der Waals surface area contributed by atoms with Gasteiger partial charge in [-0.25, -0.2) is 0 Å². The molecule has 1 heterocycles. The Labute approximate surface area is 123 Å². The number of nitrogens with zero attached hydrogens (tertiary/aromatic N) is 1. The van der Waals surface area contributed by atoms with Crippen molar-refractivity contribution in [3.63, 3.8) is 0 Å². The zero-order chi connectivity index (χ0) is 14.5. The summed E-state index contributed by atoms with van der Waals surface area (Å²) in [6.07, 6.45) is 3.57. The third-order valence-electron chi connectivity index (χ3n) is 3.12. The topological polar surface area (TPSA) is 68.0 Å². The molecule has 0 bridgehead atoms. The van der Waals surface area contributed by atoms with Crippen LogP contribution in [0.2, 0.25) is 5.02 Å². The zero-order valence-corrected chi connectivity index (χ0v) is 11.9. The van der Waals surface area contributed by atoms with Crippen molar-refractivity contribution in [2.24, 2.45) is 5.73 Å². The van der Waals surface area contributed by atoms with Gasteiger partial charge in [0, 0.05) is 35.6 Å². The fraction of sp³-hybridized carbons (Fsp3) is 0.200. The Hall–Kier alpha value is -1.91. The van der Waals surface area contributed by atoms with Crippen LogP contribution in [0.5, 0.6) is 0 Å². The first-order valence-electron chi connectivity index (χ1n) is 6.29. The van der Waals surface area contributed by atoms with Gasteiger partial charge in [-0.2, -0.15) is 0 Å². The molecule has 0 radical (unpaired) electrons. The van der Waals surface area contributed by atoms with Crippen LogP contribution in [0.4, 0.5) is 0 Å². The Morgan fingerprint density at radius 2 is 2.25 bits per heavy atom. The Morgan fingerprint density at radius 1 is 1.45 bits per heavy atom. The molecule has 1 aromatic heterocycles. The lowest BCUT2D eigenvalue weighted by Gasteiger charge is -2.14. The van der Waals surface area contributed by atoms with Gasteiger partial charge in [0.2, 0.25) is 5.91 Å². The summed E-state index contributed by atoms with van der Waals surface area (Å²) in [6.45, 7) is 2.66. The fourth-order valence-electron chi connectivity index (χ4n) is 1.86. The molecular weight excluding hydrogens is 274 g/mol. The SMILES string of the molecule is C[C@@H](NCc1ccc(C(N)=O)cc1Cl)c1cccnc1. The monoisotopic (exact) mass is 289 g/mol. The van der Waals surface area contributed by atoms with Gasteiger partial charge in [-0.3, -0.25) is 9.78 Å². The molecule has 1 atom stereocenters. The number of carbonyl (C=O) groups is 1. The number of rotatable bonds is 5. The number of halogens is 1. The lowest BCUT2D eigenvalue weighted by molar-refractivity contribution is 0.100. The minimum atomic E-state index is -0.477. The van der Waals surface area contributed by atoms with E-state index in [1.807, 2.05) is 24.4 Å². The van der Waals surface area contributed by atoms with Gasteiger partial charge in [0.25, 0.3) is 0 Å². The molecule has 104 valence electrons. The number of nitrogens with one attached hydrogen (secondary N) is 1. The average molecular weight is 290 g/mol. The molecule has 3 N–H and O–H groups in total. The van der Waals surface area contributed by atoms with E-state index >= 15 is 0 Å². The molecule has 0 fully saturated rings. The Kier molecular flexibility index (Phi) is 4.71. The lowest BCUT2D eigenvalue weighted by atomic mass is 10.1. The van der Waals surface area contributed by atoms with Crippen molar-refractivity contribution in [3.8, 4) is 0 Å². The molecule has 20 heavy (non-hydrogen) atoms. The van der Waals surface area contributed by atoms with E-state index < -0.39 is 5.91 Å². The van der Waals surface area contributed by atoms with Crippen LogP contribution in [0.3, 0.4) is 0 Å². The van der Waals surface area contributed by atoms with Gasteiger partial charge in [0.1, 0.15) is 0 Å². The standard InChI is InChI=1S/C15H16ClN3O/c1-10(12-3-2-6-18-8-12)19-9-13-5-4-11(15(17)20)7-14(13)16/h2-8,10,19H,9H2,1H3,(H2,17,20)/t10-/m1/s1. The Bertz CT molecular complexity index is 601. The minimum Gasteiger partial charge on any atom is -0.366 e. The maximum atomic E-state index is 11.1. The summed E-state index contributed by atoms with van der Waals surface area (Å²) in [5.41, 5.74) is 7.66. The van der Waals surface area contributed by atoms with E-state index in [1.54, 1.807) is 18.3 Å². The van der Waals surface area contributed by atoms with Crippen molar-refractivity contribution < 1.29 is 4.79 Å². The van der Waals surface area contributed by atoms with Crippen molar-refractivity contribution in [1.82, 2.24) is 10.3 Å². The first-order chi connectivity index (χ1) is 9.58. The van der Waals surface area contributed by atoms with Crippen LogP contribution in [0, 0.1) is 0 Å². The van der Waals surface area contributed by atoms with Gasteiger partial charge in [-0.1, -0.05) is 23.7 Å². The molecule has 2 rings (SSSR count). The van der Waals surface area contributed by atoms with E-state index in [9.17, 15) is 4.79 Å². The summed E-state index contributed by atoms with van der Waals surface area (Å²) in [5.74, 6) is -0.477.